The van der Waals surface area contributed by atoms with E-state index in [-0.39, 0.29) is 6.04 Å². The fraction of sp³-hybridized carbons (Fsp3) is 0.353. The number of nitrogens with zero attached hydrogens (tertiary/aromatic N) is 1. The van der Waals surface area contributed by atoms with Gasteiger partial charge in [-0.3, -0.25) is 4.98 Å². The molecule has 1 aliphatic rings. The monoisotopic (exact) mass is 284 g/mol. The maximum absolute atomic E-state index is 5.54. The summed E-state index contributed by atoms with van der Waals surface area (Å²) in [6, 6.07) is 10.4. The van der Waals surface area contributed by atoms with Crippen molar-refractivity contribution in [2.45, 2.75) is 25.8 Å². The first kappa shape index (κ1) is 13.7. The molecule has 1 N–H and O–H groups in total. The number of methoxy groups -OCH3 is 1. The number of ether oxygens (including phenoxy) is 2. The number of pyridine rings is 1. The number of hydrogen-bond acceptors (Lipinski definition) is 4. The number of rotatable bonds is 5. The van der Waals surface area contributed by atoms with Crippen LogP contribution in [0.5, 0.6) is 11.5 Å². The van der Waals surface area contributed by atoms with E-state index in [2.05, 4.69) is 16.4 Å². The highest BCUT2D eigenvalue weighted by Crippen LogP contribution is 2.35. The molecule has 1 aliphatic carbocycles. The summed E-state index contributed by atoms with van der Waals surface area (Å²) in [5.41, 5.74) is 3.53. The lowest BCUT2D eigenvalue weighted by atomic mass is 10.2. The molecule has 0 saturated heterocycles. The summed E-state index contributed by atoms with van der Waals surface area (Å²) in [7, 11) is 1.66. The van der Waals surface area contributed by atoms with Gasteiger partial charge in [0.05, 0.1) is 25.5 Å². The van der Waals surface area contributed by atoms with Crippen LogP contribution < -0.4 is 14.8 Å². The number of hydrogen-bond donors (Lipinski definition) is 1. The van der Waals surface area contributed by atoms with Crippen molar-refractivity contribution in [2.24, 2.45) is 0 Å². The van der Waals surface area contributed by atoms with Crippen LogP contribution in [0.1, 0.15) is 30.6 Å². The van der Waals surface area contributed by atoms with Gasteiger partial charge in [-0.25, -0.2) is 0 Å². The lowest BCUT2D eigenvalue weighted by molar-refractivity contribution is 0.311. The van der Waals surface area contributed by atoms with Crippen molar-refractivity contribution in [1.82, 2.24) is 4.98 Å². The number of benzene rings is 1. The fourth-order valence-electron chi connectivity index (χ4n) is 2.79. The van der Waals surface area contributed by atoms with Crippen LogP contribution in [0, 0.1) is 0 Å². The van der Waals surface area contributed by atoms with Gasteiger partial charge in [0.1, 0.15) is 0 Å². The molecule has 1 aromatic carbocycles. The van der Waals surface area contributed by atoms with Gasteiger partial charge in [-0.05, 0) is 43.5 Å². The Morgan fingerprint density at radius 2 is 2.19 bits per heavy atom. The molecule has 4 nitrogen and oxygen atoms in total. The van der Waals surface area contributed by atoms with E-state index in [0.29, 0.717) is 6.61 Å². The minimum absolute atomic E-state index is 0.267. The van der Waals surface area contributed by atoms with Crippen molar-refractivity contribution in [2.75, 3.05) is 19.0 Å². The third kappa shape index (κ3) is 2.79. The normalized spacial score (nSPS) is 16.4. The first-order valence-electron chi connectivity index (χ1n) is 7.33. The summed E-state index contributed by atoms with van der Waals surface area (Å²) in [5.74, 6) is 1.52. The minimum atomic E-state index is 0.267. The van der Waals surface area contributed by atoms with Gasteiger partial charge in [-0.15, -0.1) is 0 Å². The second kappa shape index (κ2) is 6.04. The zero-order valence-electron chi connectivity index (χ0n) is 12.4. The topological polar surface area (TPSA) is 43.4 Å². The quantitative estimate of drug-likeness (QED) is 0.911. The third-order valence-corrected chi connectivity index (χ3v) is 3.76. The summed E-state index contributed by atoms with van der Waals surface area (Å²) in [4.78, 5) is 4.51. The molecule has 0 fully saturated rings. The third-order valence-electron chi connectivity index (χ3n) is 3.76. The molecule has 0 aliphatic heterocycles. The van der Waals surface area contributed by atoms with E-state index in [1.54, 1.807) is 7.11 Å². The molecule has 0 saturated carbocycles. The van der Waals surface area contributed by atoms with Gasteiger partial charge < -0.3 is 14.8 Å². The van der Waals surface area contributed by atoms with Crippen LogP contribution in [0.15, 0.2) is 36.5 Å². The first-order valence-corrected chi connectivity index (χ1v) is 7.33. The van der Waals surface area contributed by atoms with Gasteiger partial charge in [0.2, 0.25) is 0 Å². The Bertz CT molecular complexity index is 628. The van der Waals surface area contributed by atoms with Gasteiger partial charge in [0.25, 0.3) is 0 Å². The van der Waals surface area contributed by atoms with Gasteiger partial charge in [-0.1, -0.05) is 6.07 Å². The lowest BCUT2D eigenvalue weighted by Crippen LogP contribution is -2.08. The number of aromatic nitrogens is 1. The molecule has 0 spiro atoms. The smallest absolute Gasteiger partial charge is 0.162 e. The summed E-state index contributed by atoms with van der Waals surface area (Å²) in [6.07, 6.45) is 4.01. The van der Waals surface area contributed by atoms with Gasteiger partial charge in [0, 0.05) is 18.0 Å². The molecule has 3 rings (SSSR count). The van der Waals surface area contributed by atoms with Gasteiger partial charge >= 0.3 is 0 Å². The van der Waals surface area contributed by atoms with Gasteiger partial charge in [-0.2, -0.15) is 0 Å². The van der Waals surface area contributed by atoms with E-state index < -0.39 is 0 Å². The predicted molar refractivity (Wildman–Crippen MR) is 83.1 cm³/mol. The largest absolute Gasteiger partial charge is 0.493 e. The Morgan fingerprint density at radius 1 is 1.29 bits per heavy atom. The number of anilines is 1. The van der Waals surface area contributed by atoms with Crippen LogP contribution in [0.2, 0.25) is 0 Å². The van der Waals surface area contributed by atoms with Crippen molar-refractivity contribution in [3.05, 3.63) is 47.8 Å². The minimum Gasteiger partial charge on any atom is -0.493 e. The van der Waals surface area contributed by atoms with Gasteiger partial charge in [0.15, 0.2) is 11.5 Å². The summed E-state index contributed by atoms with van der Waals surface area (Å²) >= 11 is 0. The molecule has 0 amide bonds. The van der Waals surface area contributed by atoms with E-state index in [1.807, 2.05) is 37.4 Å². The Kier molecular flexibility index (Phi) is 3.95. The van der Waals surface area contributed by atoms with Crippen LogP contribution in [0.4, 0.5) is 5.69 Å². The van der Waals surface area contributed by atoms with E-state index in [0.717, 1.165) is 35.7 Å². The van der Waals surface area contributed by atoms with E-state index in [1.165, 1.54) is 5.56 Å². The molecule has 1 unspecified atom stereocenters. The van der Waals surface area contributed by atoms with Crippen LogP contribution in [-0.4, -0.2) is 18.7 Å². The maximum Gasteiger partial charge on any atom is 0.162 e. The van der Waals surface area contributed by atoms with E-state index in [9.17, 15) is 0 Å². The molecule has 21 heavy (non-hydrogen) atoms. The second-order valence-electron chi connectivity index (χ2n) is 5.08. The maximum atomic E-state index is 5.54. The average Bonchev–Trinajstić information content (AvgIpc) is 2.92. The van der Waals surface area contributed by atoms with Crippen LogP contribution in [-0.2, 0) is 6.42 Å². The predicted octanol–water partition coefficient (Wildman–Crippen LogP) is 3.59. The Hall–Kier alpha value is -2.23. The molecular weight excluding hydrogens is 264 g/mol. The number of nitrogens with one attached hydrogen (secondary N) is 1. The Balaban J connectivity index is 1.80. The van der Waals surface area contributed by atoms with Crippen molar-refractivity contribution >= 4 is 5.69 Å². The molecular formula is C17H20N2O2. The van der Waals surface area contributed by atoms with Crippen LogP contribution in [0.25, 0.3) is 0 Å². The van der Waals surface area contributed by atoms with Crippen molar-refractivity contribution in [3.63, 3.8) is 0 Å². The number of fused-ring (bicyclic) bond motifs is 1. The molecule has 0 bridgehead atoms. The van der Waals surface area contributed by atoms with Crippen molar-refractivity contribution < 1.29 is 9.47 Å². The molecule has 1 atom stereocenters. The van der Waals surface area contributed by atoms with Crippen molar-refractivity contribution in [1.29, 1.82) is 0 Å². The van der Waals surface area contributed by atoms with E-state index >= 15 is 0 Å². The second-order valence-corrected chi connectivity index (χ2v) is 5.08. The number of aryl methyl sites for hydroxylation is 1. The molecule has 110 valence electrons. The highest BCUT2D eigenvalue weighted by molar-refractivity contribution is 5.56. The Morgan fingerprint density at radius 3 is 3.00 bits per heavy atom. The molecule has 4 heteroatoms. The highest BCUT2D eigenvalue weighted by atomic mass is 16.5. The molecule has 2 aromatic rings. The standard InChI is InChI=1S/C17H20N2O2/c1-3-21-15-9-7-13(11-16(15)20-2)19-14-8-6-12-5-4-10-18-17(12)14/h4-5,7,9-11,14,19H,3,6,8H2,1-2H3. The summed E-state index contributed by atoms with van der Waals surface area (Å²) < 4.78 is 10.9. The summed E-state index contributed by atoms with van der Waals surface area (Å²) in [6.45, 7) is 2.59. The lowest BCUT2D eigenvalue weighted by Gasteiger charge is -2.16. The zero-order valence-corrected chi connectivity index (χ0v) is 12.4. The van der Waals surface area contributed by atoms with Crippen LogP contribution in [0.3, 0.4) is 0 Å². The molecule has 1 aromatic heterocycles. The highest BCUT2D eigenvalue weighted by Gasteiger charge is 2.23. The fourth-order valence-corrected chi connectivity index (χ4v) is 2.79. The van der Waals surface area contributed by atoms with Crippen LogP contribution >= 0.6 is 0 Å². The molecule has 1 heterocycles. The van der Waals surface area contributed by atoms with Crippen molar-refractivity contribution in [3.8, 4) is 11.5 Å². The van der Waals surface area contributed by atoms with E-state index in [4.69, 9.17) is 9.47 Å². The summed E-state index contributed by atoms with van der Waals surface area (Å²) in [5, 5.41) is 3.54. The zero-order chi connectivity index (χ0) is 14.7. The Labute approximate surface area is 125 Å². The average molecular weight is 284 g/mol. The molecule has 0 radical (unpaired) electrons. The SMILES string of the molecule is CCOc1ccc(NC2CCc3cccnc32)cc1OC. The first-order chi connectivity index (χ1) is 10.3.